The number of aromatic nitrogens is 2. The van der Waals surface area contributed by atoms with Gasteiger partial charge in [0.1, 0.15) is 5.69 Å². The number of hydrogen-bond acceptors (Lipinski definition) is 5. The third-order valence-electron chi connectivity index (χ3n) is 4.01. The number of carbonyl (C=O) groups is 2. The zero-order chi connectivity index (χ0) is 16.6. The summed E-state index contributed by atoms with van der Waals surface area (Å²) in [5.74, 6) is -0.666. The summed E-state index contributed by atoms with van der Waals surface area (Å²) in [6.45, 7) is 1.67. The van der Waals surface area contributed by atoms with Crippen molar-refractivity contribution in [3.63, 3.8) is 0 Å². The lowest BCUT2D eigenvalue weighted by molar-refractivity contribution is -0.127. The molecule has 1 saturated heterocycles. The average molecular weight is 335 g/mol. The molecule has 0 bridgehead atoms. The highest BCUT2D eigenvalue weighted by Gasteiger charge is 2.43. The Morgan fingerprint density at radius 1 is 1.43 bits per heavy atom. The molecule has 8 heteroatoms. The first-order valence-corrected chi connectivity index (χ1v) is 7.46. The molecule has 1 fully saturated rings. The predicted octanol–water partition coefficient (Wildman–Crippen LogP) is 2.19. The van der Waals surface area contributed by atoms with E-state index >= 15 is 0 Å². The van der Waals surface area contributed by atoms with Crippen molar-refractivity contribution in [2.75, 3.05) is 12.4 Å². The Morgan fingerprint density at radius 3 is 2.87 bits per heavy atom. The second kappa shape index (κ2) is 6.00. The summed E-state index contributed by atoms with van der Waals surface area (Å²) in [5.41, 5.74) is 1.30. The highest BCUT2D eigenvalue weighted by atomic mass is 35.5. The first-order chi connectivity index (χ1) is 11.0. The summed E-state index contributed by atoms with van der Waals surface area (Å²) in [7, 11) is 1.68. The molecule has 7 nitrogen and oxygen atoms in total. The SMILES string of the molecule is Cc1nonc1NC(=O)[C@@H]1CC(=O)N(C)[C@@H]1c1cccc(Cl)c1. The van der Waals surface area contributed by atoms with Gasteiger partial charge in [0.2, 0.25) is 11.8 Å². The summed E-state index contributed by atoms with van der Waals surface area (Å²) >= 11 is 6.04. The van der Waals surface area contributed by atoms with Gasteiger partial charge in [-0.1, -0.05) is 28.9 Å². The van der Waals surface area contributed by atoms with Gasteiger partial charge in [0.25, 0.3) is 0 Å². The summed E-state index contributed by atoms with van der Waals surface area (Å²) in [6.07, 6.45) is 0.129. The molecule has 120 valence electrons. The highest BCUT2D eigenvalue weighted by Crippen LogP contribution is 2.38. The first-order valence-electron chi connectivity index (χ1n) is 7.08. The van der Waals surface area contributed by atoms with Gasteiger partial charge >= 0.3 is 0 Å². The number of carbonyl (C=O) groups excluding carboxylic acids is 2. The Kier molecular flexibility index (Phi) is 4.04. The zero-order valence-electron chi connectivity index (χ0n) is 12.6. The van der Waals surface area contributed by atoms with Crippen LogP contribution in [0.3, 0.4) is 0 Å². The molecule has 3 rings (SSSR count). The smallest absolute Gasteiger partial charge is 0.231 e. The minimum absolute atomic E-state index is 0.0925. The van der Waals surface area contributed by atoms with Crippen LogP contribution in [0.4, 0.5) is 5.82 Å². The maximum absolute atomic E-state index is 12.6. The van der Waals surface area contributed by atoms with Gasteiger partial charge < -0.3 is 10.2 Å². The van der Waals surface area contributed by atoms with E-state index in [1.54, 1.807) is 37.1 Å². The van der Waals surface area contributed by atoms with Crippen LogP contribution in [0, 0.1) is 12.8 Å². The minimum atomic E-state index is -0.540. The fraction of sp³-hybridized carbons (Fsp3) is 0.333. The molecule has 0 unspecified atom stereocenters. The van der Waals surface area contributed by atoms with Crippen LogP contribution in [-0.2, 0) is 9.59 Å². The van der Waals surface area contributed by atoms with Crippen LogP contribution in [0.25, 0.3) is 0 Å². The van der Waals surface area contributed by atoms with Crippen molar-refractivity contribution >= 4 is 29.2 Å². The fourth-order valence-electron chi connectivity index (χ4n) is 2.81. The molecule has 1 N–H and O–H groups in total. The van der Waals surface area contributed by atoms with Crippen LogP contribution in [-0.4, -0.2) is 34.1 Å². The van der Waals surface area contributed by atoms with E-state index < -0.39 is 5.92 Å². The van der Waals surface area contributed by atoms with Crippen LogP contribution < -0.4 is 5.32 Å². The van der Waals surface area contributed by atoms with E-state index in [0.717, 1.165) is 5.56 Å². The molecule has 1 aliphatic heterocycles. The maximum Gasteiger partial charge on any atom is 0.231 e. The topological polar surface area (TPSA) is 88.3 Å². The Balaban J connectivity index is 1.88. The monoisotopic (exact) mass is 334 g/mol. The van der Waals surface area contributed by atoms with E-state index in [1.165, 1.54) is 0 Å². The largest absolute Gasteiger partial charge is 0.338 e. The van der Waals surface area contributed by atoms with Crippen molar-refractivity contribution < 1.29 is 14.2 Å². The molecular weight excluding hydrogens is 320 g/mol. The first kappa shape index (κ1) is 15.5. The molecule has 1 aromatic carbocycles. The summed E-state index contributed by atoms with van der Waals surface area (Å²) in [4.78, 5) is 26.3. The number of aryl methyl sites for hydroxylation is 1. The lowest BCUT2D eigenvalue weighted by Gasteiger charge is -2.24. The Bertz CT molecular complexity index is 761. The maximum atomic E-state index is 12.6. The standard InChI is InChI=1S/C15H15ClN4O3/c1-8-14(19-23-18-8)17-15(22)11-7-12(21)20(2)13(11)9-4-3-5-10(16)6-9/h3-6,11,13H,7H2,1-2H3,(H,17,19,22)/t11-,13-/m1/s1. The second-order valence-corrected chi connectivity index (χ2v) is 5.94. The van der Waals surface area contributed by atoms with Crippen molar-refractivity contribution in [2.45, 2.75) is 19.4 Å². The van der Waals surface area contributed by atoms with Crippen molar-refractivity contribution in [3.05, 3.63) is 40.5 Å². The van der Waals surface area contributed by atoms with Gasteiger partial charge in [-0.05, 0) is 29.8 Å². The normalized spacial score (nSPS) is 20.8. The number of rotatable bonds is 3. The summed E-state index contributed by atoms with van der Waals surface area (Å²) < 4.78 is 4.57. The third kappa shape index (κ3) is 2.92. The van der Waals surface area contributed by atoms with E-state index in [-0.39, 0.29) is 30.1 Å². The van der Waals surface area contributed by atoms with E-state index in [9.17, 15) is 9.59 Å². The third-order valence-corrected chi connectivity index (χ3v) is 4.24. The Hall–Kier alpha value is -2.41. The molecule has 0 saturated carbocycles. The van der Waals surface area contributed by atoms with Gasteiger partial charge in [-0.2, -0.15) is 0 Å². The molecule has 2 aromatic rings. The quantitative estimate of drug-likeness (QED) is 0.929. The lowest BCUT2D eigenvalue weighted by atomic mass is 9.93. The summed E-state index contributed by atoms with van der Waals surface area (Å²) in [5, 5.41) is 10.5. The minimum Gasteiger partial charge on any atom is -0.338 e. The van der Waals surface area contributed by atoms with Crippen molar-refractivity contribution in [1.29, 1.82) is 0 Å². The van der Waals surface area contributed by atoms with Gasteiger partial charge in [-0.15, -0.1) is 0 Å². The fourth-order valence-corrected chi connectivity index (χ4v) is 3.00. The molecule has 1 aliphatic rings. The Labute approximate surface area is 137 Å². The lowest BCUT2D eigenvalue weighted by Crippen LogP contribution is -2.30. The van der Waals surface area contributed by atoms with Gasteiger partial charge in [0.05, 0.1) is 12.0 Å². The molecule has 0 spiro atoms. The number of nitrogens with zero attached hydrogens (tertiary/aromatic N) is 3. The van der Waals surface area contributed by atoms with Crippen LogP contribution in [0.15, 0.2) is 28.9 Å². The van der Waals surface area contributed by atoms with Crippen LogP contribution >= 0.6 is 11.6 Å². The molecule has 1 aromatic heterocycles. The molecule has 0 radical (unpaired) electrons. The highest BCUT2D eigenvalue weighted by molar-refractivity contribution is 6.30. The second-order valence-electron chi connectivity index (χ2n) is 5.50. The van der Waals surface area contributed by atoms with Crippen LogP contribution in [0.1, 0.15) is 23.7 Å². The number of likely N-dealkylation sites (tertiary alicyclic amines) is 1. The number of amides is 2. The number of hydrogen-bond donors (Lipinski definition) is 1. The van der Waals surface area contributed by atoms with E-state index in [4.69, 9.17) is 11.6 Å². The van der Waals surface area contributed by atoms with Crippen LogP contribution in [0.5, 0.6) is 0 Å². The van der Waals surface area contributed by atoms with Crippen molar-refractivity contribution in [1.82, 2.24) is 15.2 Å². The molecule has 23 heavy (non-hydrogen) atoms. The van der Waals surface area contributed by atoms with E-state index in [2.05, 4.69) is 20.3 Å². The summed E-state index contributed by atoms with van der Waals surface area (Å²) in [6, 6.07) is 6.80. The van der Waals surface area contributed by atoms with E-state index in [0.29, 0.717) is 10.7 Å². The molecule has 0 aliphatic carbocycles. The van der Waals surface area contributed by atoms with E-state index in [1.807, 2.05) is 6.07 Å². The molecule has 2 amide bonds. The van der Waals surface area contributed by atoms with Crippen molar-refractivity contribution in [3.8, 4) is 0 Å². The Morgan fingerprint density at radius 2 is 2.22 bits per heavy atom. The number of anilines is 1. The van der Waals surface area contributed by atoms with Gasteiger partial charge in [-0.25, -0.2) is 4.63 Å². The van der Waals surface area contributed by atoms with Gasteiger partial charge in [-0.3, -0.25) is 9.59 Å². The molecule has 2 heterocycles. The number of benzene rings is 1. The number of halogens is 1. The zero-order valence-corrected chi connectivity index (χ0v) is 13.4. The number of nitrogens with one attached hydrogen (secondary N) is 1. The molecular formula is C15H15ClN4O3. The predicted molar refractivity (Wildman–Crippen MR) is 82.7 cm³/mol. The van der Waals surface area contributed by atoms with Gasteiger partial charge in [0, 0.05) is 18.5 Å². The van der Waals surface area contributed by atoms with Gasteiger partial charge in [0.15, 0.2) is 5.82 Å². The average Bonchev–Trinajstić information content (AvgIpc) is 3.04. The molecule has 2 atom stereocenters. The van der Waals surface area contributed by atoms with Crippen molar-refractivity contribution in [2.24, 2.45) is 5.92 Å². The van der Waals surface area contributed by atoms with Crippen LogP contribution in [0.2, 0.25) is 5.02 Å².